The van der Waals surface area contributed by atoms with Crippen molar-refractivity contribution in [3.05, 3.63) is 35.1 Å². The molecule has 18 heavy (non-hydrogen) atoms. The number of hydrogen-bond acceptors (Lipinski definition) is 2. The molecule has 1 aliphatic rings. The highest BCUT2D eigenvalue weighted by molar-refractivity contribution is 5.88. The zero-order valence-corrected chi connectivity index (χ0v) is 10.4. The van der Waals surface area contributed by atoms with Crippen LogP contribution in [0.2, 0.25) is 0 Å². The van der Waals surface area contributed by atoms with Crippen molar-refractivity contribution >= 4 is 11.7 Å². The van der Waals surface area contributed by atoms with Crippen molar-refractivity contribution in [3.8, 4) is 0 Å². The second kappa shape index (κ2) is 5.29. The summed E-state index contributed by atoms with van der Waals surface area (Å²) in [7, 11) is 0. The number of rotatable bonds is 2. The van der Waals surface area contributed by atoms with Crippen molar-refractivity contribution in [2.75, 3.05) is 13.1 Å². The number of piperidine rings is 1. The van der Waals surface area contributed by atoms with E-state index >= 15 is 0 Å². The van der Waals surface area contributed by atoms with Gasteiger partial charge < -0.3 is 4.90 Å². The van der Waals surface area contributed by atoms with Gasteiger partial charge in [0.2, 0.25) is 5.91 Å². The number of Topliss-reactive ketones (excluding diaryl/α,β-unsaturated/α-hetero) is 1. The molecule has 1 aromatic carbocycles. The fourth-order valence-electron chi connectivity index (χ4n) is 2.15. The third kappa shape index (κ3) is 2.94. The lowest BCUT2D eigenvalue weighted by Crippen LogP contribution is -2.40. The number of benzene rings is 1. The lowest BCUT2D eigenvalue weighted by molar-refractivity contribution is -0.137. The molecule has 0 unspecified atom stereocenters. The first-order valence-corrected chi connectivity index (χ1v) is 6.11. The van der Waals surface area contributed by atoms with E-state index in [9.17, 15) is 14.0 Å². The molecule has 0 spiro atoms. The molecular weight excluding hydrogens is 233 g/mol. The first-order chi connectivity index (χ1) is 8.56. The highest BCUT2D eigenvalue weighted by Gasteiger charge is 2.21. The molecular formula is C14H16FNO2. The van der Waals surface area contributed by atoms with Crippen LogP contribution in [-0.4, -0.2) is 29.7 Å². The van der Waals surface area contributed by atoms with Crippen LogP contribution in [-0.2, 0) is 16.0 Å². The summed E-state index contributed by atoms with van der Waals surface area (Å²) in [6.07, 6.45) is 1.54. The Morgan fingerprint density at radius 3 is 2.89 bits per heavy atom. The summed E-state index contributed by atoms with van der Waals surface area (Å²) in [5, 5.41) is 0. The Morgan fingerprint density at radius 2 is 2.22 bits per heavy atom. The van der Waals surface area contributed by atoms with E-state index in [-0.39, 0.29) is 30.5 Å². The van der Waals surface area contributed by atoms with Crippen LogP contribution < -0.4 is 0 Å². The van der Waals surface area contributed by atoms with Gasteiger partial charge in [0.25, 0.3) is 0 Å². The van der Waals surface area contributed by atoms with Crippen molar-refractivity contribution in [3.63, 3.8) is 0 Å². The molecule has 4 heteroatoms. The number of nitrogens with zero attached hydrogens (tertiary/aromatic N) is 1. The van der Waals surface area contributed by atoms with Gasteiger partial charge in [-0.2, -0.15) is 0 Å². The van der Waals surface area contributed by atoms with Crippen LogP contribution in [0, 0.1) is 12.7 Å². The Balaban J connectivity index is 2.02. The summed E-state index contributed by atoms with van der Waals surface area (Å²) in [4.78, 5) is 24.9. The van der Waals surface area contributed by atoms with Crippen LogP contribution in [0.3, 0.4) is 0 Å². The average molecular weight is 249 g/mol. The van der Waals surface area contributed by atoms with Gasteiger partial charge in [-0.25, -0.2) is 4.39 Å². The SMILES string of the molecule is Cc1cc(CC(=O)N2CCCC(=O)C2)ccc1F. The van der Waals surface area contributed by atoms with E-state index in [0.717, 1.165) is 12.0 Å². The molecule has 1 saturated heterocycles. The van der Waals surface area contributed by atoms with Crippen LogP contribution in [0.1, 0.15) is 24.0 Å². The Bertz CT molecular complexity index is 485. The fourth-order valence-corrected chi connectivity index (χ4v) is 2.15. The van der Waals surface area contributed by atoms with E-state index in [0.29, 0.717) is 18.5 Å². The number of amides is 1. The van der Waals surface area contributed by atoms with Crippen molar-refractivity contribution in [2.45, 2.75) is 26.2 Å². The lowest BCUT2D eigenvalue weighted by Gasteiger charge is -2.25. The number of likely N-dealkylation sites (tertiary alicyclic amines) is 1. The summed E-state index contributed by atoms with van der Waals surface area (Å²) in [6, 6.07) is 4.67. The van der Waals surface area contributed by atoms with Crippen LogP contribution in [0.5, 0.6) is 0 Å². The van der Waals surface area contributed by atoms with Gasteiger partial charge in [0.1, 0.15) is 5.82 Å². The second-order valence-electron chi connectivity index (χ2n) is 4.72. The topological polar surface area (TPSA) is 37.4 Å². The monoisotopic (exact) mass is 249 g/mol. The first kappa shape index (κ1) is 12.7. The molecule has 2 rings (SSSR count). The number of ketones is 1. The number of carbonyl (C=O) groups is 2. The molecule has 1 aliphatic heterocycles. The van der Waals surface area contributed by atoms with Gasteiger partial charge in [-0.3, -0.25) is 9.59 Å². The van der Waals surface area contributed by atoms with E-state index in [2.05, 4.69) is 0 Å². The normalized spacial score (nSPS) is 15.9. The van der Waals surface area contributed by atoms with Crippen molar-refractivity contribution < 1.29 is 14.0 Å². The summed E-state index contributed by atoms with van der Waals surface area (Å²) in [5.41, 5.74) is 1.33. The number of halogens is 1. The molecule has 0 saturated carbocycles. The van der Waals surface area contributed by atoms with Gasteiger partial charge in [0.15, 0.2) is 5.78 Å². The number of hydrogen-bond donors (Lipinski definition) is 0. The Morgan fingerprint density at radius 1 is 1.44 bits per heavy atom. The minimum absolute atomic E-state index is 0.0611. The fraction of sp³-hybridized carbons (Fsp3) is 0.429. The molecule has 1 aromatic rings. The molecule has 1 heterocycles. The quantitative estimate of drug-likeness (QED) is 0.802. The summed E-state index contributed by atoms with van der Waals surface area (Å²) in [6.45, 7) is 2.54. The van der Waals surface area contributed by atoms with Crippen LogP contribution in [0.25, 0.3) is 0 Å². The second-order valence-corrected chi connectivity index (χ2v) is 4.72. The van der Waals surface area contributed by atoms with Crippen molar-refractivity contribution in [2.24, 2.45) is 0 Å². The Labute approximate surface area is 106 Å². The van der Waals surface area contributed by atoms with E-state index in [1.54, 1.807) is 24.0 Å². The molecule has 96 valence electrons. The van der Waals surface area contributed by atoms with Crippen LogP contribution in [0.4, 0.5) is 4.39 Å². The molecule has 1 amide bonds. The third-order valence-corrected chi connectivity index (χ3v) is 3.18. The standard InChI is InChI=1S/C14H16FNO2/c1-10-7-11(4-5-13(10)15)8-14(18)16-6-2-3-12(17)9-16/h4-5,7H,2-3,6,8-9H2,1H3. The van der Waals surface area contributed by atoms with E-state index in [1.165, 1.54) is 6.07 Å². The Hall–Kier alpha value is -1.71. The zero-order valence-electron chi connectivity index (χ0n) is 10.4. The minimum atomic E-state index is -0.264. The lowest BCUT2D eigenvalue weighted by atomic mass is 10.1. The van der Waals surface area contributed by atoms with Crippen LogP contribution in [0.15, 0.2) is 18.2 Å². The summed E-state index contributed by atoms with van der Waals surface area (Å²) < 4.78 is 13.1. The van der Waals surface area contributed by atoms with E-state index in [1.807, 2.05) is 0 Å². The predicted octanol–water partition coefficient (Wildman–Crippen LogP) is 1.87. The summed E-state index contributed by atoms with van der Waals surface area (Å²) >= 11 is 0. The molecule has 3 nitrogen and oxygen atoms in total. The minimum Gasteiger partial charge on any atom is -0.335 e. The van der Waals surface area contributed by atoms with Crippen LogP contribution >= 0.6 is 0 Å². The predicted molar refractivity (Wildman–Crippen MR) is 65.7 cm³/mol. The largest absolute Gasteiger partial charge is 0.335 e. The van der Waals surface area contributed by atoms with Gasteiger partial charge in [-0.15, -0.1) is 0 Å². The molecule has 0 radical (unpaired) electrons. The summed E-state index contributed by atoms with van der Waals surface area (Å²) in [5.74, 6) is -0.210. The first-order valence-electron chi connectivity index (χ1n) is 6.11. The highest BCUT2D eigenvalue weighted by Crippen LogP contribution is 2.12. The zero-order chi connectivity index (χ0) is 13.1. The van der Waals surface area contributed by atoms with Gasteiger partial charge >= 0.3 is 0 Å². The molecule has 0 N–H and O–H groups in total. The molecule has 1 fully saturated rings. The molecule has 0 atom stereocenters. The molecule has 0 aliphatic carbocycles. The van der Waals surface area contributed by atoms with Gasteiger partial charge in [-0.05, 0) is 30.5 Å². The van der Waals surface area contributed by atoms with Gasteiger partial charge in [-0.1, -0.05) is 12.1 Å². The third-order valence-electron chi connectivity index (χ3n) is 3.18. The highest BCUT2D eigenvalue weighted by atomic mass is 19.1. The average Bonchev–Trinajstić information content (AvgIpc) is 2.34. The molecule has 0 bridgehead atoms. The Kier molecular flexibility index (Phi) is 3.75. The van der Waals surface area contributed by atoms with Crippen molar-refractivity contribution in [1.82, 2.24) is 4.90 Å². The maximum absolute atomic E-state index is 13.1. The van der Waals surface area contributed by atoms with Gasteiger partial charge in [0.05, 0.1) is 13.0 Å². The number of carbonyl (C=O) groups excluding carboxylic acids is 2. The van der Waals surface area contributed by atoms with Crippen molar-refractivity contribution in [1.29, 1.82) is 0 Å². The maximum atomic E-state index is 13.1. The maximum Gasteiger partial charge on any atom is 0.227 e. The smallest absolute Gasteiger partial charge is 0.227 e. The van der Waals surface area contributed by atoms with E-state index < -0.39 is 0 Å². The van der Waals surface area contributed by atoms with E-state index in [4.69, 9.17) is 0 Å². The number of aryl methyl sites for hydroxylation is 1. The molecule has 0 aromatic heterocycles. The van der Waals surface area contributed by atoms with Gasteiger partial charge in [0, 0.05) is 13.0 Å².